The topological polar surface area (TPSA) is 78.7 Å². The molecule has 6 heteroatoms. The van der Waals surface area contributed by atoms with Crippen LogP contribution in [0.4, 0.5) is 5.69 Å². The number of rotatable bonds is 6. The molecule has 0 saturated carbocycles. The number of hydrogen-bond acceptors (Lipinski definition) is 5. The quantitative estimate of drug-likeness (QED) is 0.234. The highest BCUT2D eigenvalue weighted by atomic mass is 16.6. The van der Waals surface area contributed by atoms with Crippen molar-refractivity contribution < 1.29 is 19.2 Å². The molecule has 0 fully saturated rings. The molecule has 0 N–H and O–H groups in total. The summed E-state index contributed by atoms with van der Waals surface area (Å²) in [5.41, 5.74) is 3.19. The predicted molar refractivity (Wildman–Crippen MR) is 118 cm³/mol. The van der Waals surface area contributed by atoms with Crippen molar-refractivity contribution in [1.82, 2.24) is 0 Å². The number of esters is 1. The maximum Gasteiger partial charge on any atom is 0.353 e. The number of carbonyl (C=O) groups is 1. The van der Waals surface area contributed by atoms with Crippen molar-refractivity contribution in [2.24, 2.45) is 0 Å². The maximum atomic E-state index is 13.8. The highest BCUT2D eigenvalue weighted by molar-refractivity contribution is 5.89. The van der Waals surface area contributed by atoms with Gasteiger partial charge in [0.25, 0.3) is 5.69 Å². The van der Waals surface area contributed by atoms with E-state index >= 15 is 0 Å². The number of methoxy groups -OCH3 is 1. The van der Waals surface area contributed by atoms with Gasteiger partial charge in [0.05, 0.1) is 11.0 Å². The van der Waals surface area contributed by atoms with Gasteiger partial charge in [-0.2, -0.15) is 0 Å². The van der Waals surface area contributed by atoms with Crippen LogP contribution in [0, 0.1) is 37.8 Å². The number of nitrogens with zero attached hydrogens (tertiary/aromatic N) is 1. The molecule has 0 amide bonds. The van der Waals surface area contributed by atoms with E-state index < -0.39 is 16.5 Å². The number of ether oxygens (including phenoxy) is 2. The Balaban J connectivity index is 2.27. The number of hydrogen-bond donors (Lipinski definition) is 0. The van der Waals surface area contributed by atoms with Gasteiger partial charge in [0, 0.05) is 24.3 Å². The summed E-state index contributed by atoms with van der Waals surface area (Å²) < 4.78 is 11.8. The Labute approximate surface area is 181 Å². The third-order valence-electron chi connectivity index (χ3n) is 5.50. The summed E-state index contributed by atoms with van der Waals surface area (Å²) in [5.74, 6) is -0.580. The number of benzene rings is 3. The van der Waals surface area contributed by atoms with Crippen molar-refractivity contribution in [3.63, 3.8) is 0 Å². The van der Waals surface area contributed by atoms with Crippen molar-refractivity contribution in [2.75, 3.05) is 7.11 Å². The van der Waals surface area contributed by atoms with Crippen LogP contribution in [0.25, 0.3) is 0 Å². The number of aryl methyl sites for hydroxylation is 4. The minimum atomic E-state index is -1.55. The van der Waals surface area contributed by atoms with E-state index in [1.807, 2.05) is 64.1 Å². The Hall–Kier alpha value is -3.51. The lowest BCUT2D eigenvalue weighted by Crippen LogP contribution is -2.44. The summed E-state index contributed by atoms with van der Waals surface area (Å²) in [6, 6.07) is 17.1. The Morgan fingerprint density at radius 1 is 0.839 bits per heavy atom. The summed E-state index contributed by atoms with van der Waals surface area (Å²) in [7, 11) is 1.48. The molecule has 0 spiro atoms. The molecule has 31 heavy (non-hydrogen) atoms. The molecule has 6 nitrogen and oxygen atoms in total. The van der Waals surface area contributed by atoms with E-state index in [4.69, 9.17) is 9.47 Å². The van der Waals surface area contributed by atoms with E-state index in [1.54, 1.807) is 0 Å². The summed E-state index contributed by atoms with van der Waals surface area (Å²) in [6.45, 7) is 7.68. The second-order valence-corrected chi connectivity index (χ2v) is 7.56. The highest BCUT2D eigenvalue weighted by Gasteiger charge is 2.48. The Morgan fingerprint density at radius 3 is 1.71 bits per heavy atom. The van der Waals surface area contributed by atoms with Gasteiger partial charge in [0.15, 0.2) is 0 Å². The maximum absolute atomic E-state index is 13.8. The molecule has 0 aromatic heterocycles. The molecule has 3 aromatic carbocycles. The van der Waals surface area contributed by atoms with Crippen molar-refractivity contribution in [3.05, 3.63) is 104 Å². The fourth-order valence-electron chi connectivity index (χ4n) is 4.20. The van der Waals surface area contributed by atoms with E-state index in [0.717, 1.165) is 22.3 Å². The van der Waals surface area contributed by atoms with Gasteiger partial charge in [-0.1, -0.05) is 42.5 Å². The van der Waals surface area contributed by atoms with Crippen molar-refractivity contribution >= 4 is 11.7 Å². The van der Waals surface area contributed by atoms with Gasteiger partial charge in [0.1, 0.15) is 5.75 Å². The standard InChI is InChI=1S/C25H25NO5/c1-16-9-6-10-17(2)22(16)25(30-5,23-18(3)11-7-12-19(23)4)24(27)31-21-14-8-13-20(15-21)26(28)29/h6-15H,1-5H3. The van der Waals surface area contributed by atoms with Crippen LogP contribution in [0.1, 0.15) is 33.4 Å². The van der Waals surface area contributed by atoms with E-state index in [0.29, 0.717) is 11.1 Å². The molecule has 3 aromatic rings. The normalized spacial score (nSPS) is 11.3. The zero-order valence-corrected chi connectivity index (χ0v) is 18.3. The van der Waals surface area contributed by atoms with E-state index in [9.17, 15) is 14.9 Å². The fourth-order valence-corrected chi connectivity index (χ4v) is 4.20. The van der Waals surface area contributed by atoms with Gasteiger partial charge in [-0.25, -0.2) is 4.79 Å². The highest BCUT2D eigenvalue weighted by Crippen LogP contribution is 2.42. The molecular formula is C25H25NO5. The van der Waals surface area contributed by atoms with Crippen molar-refractivity contribution in [3.8, 4) is 5.75 Å². The Bertz CT molecular complexity index is 1060. The molecule has 0 radical (unpaired) electrons. The van der Waals surface area contributed by atoms with Crippen LogP contribution in [-0.2, 0) is 15.1 Å². The number of non-ortho nitro benzene ring substituents is 1. The van der Waals surface area contributed by atoms with Crippen LogP contribution >= 0.6 is 0 Å². The van der Waals surface area contributed by atoms with Crippen LogP contribution < -0.4 is 4.74 Å². The Kier molecular flexibility index (Phi) is 6.22. The van der Waals surface area contributed by atoms with Gasteiger partial charge in [-0.05, 0) is 56.0 Å². The molecule has 0 atom stereocenters. The zero-order chi connectivity index (χ0) is 22.8. The first-order valence-corrected chi connectivity index (χ1v) is 9.87. The monoisotopic (exact) mass is 419 g/mol. The summed E-state index contributed by atoms with van der Waals surface area (Å²) in [5, 5.41) is 11.2. The van der Waals surface area contributed by atoms with Crippen LogP contribution in [0.5, 0.6) is 5.75 Å². The molecule has 0 unspecified atom stereocenters. The third-order valence-corrected chi connectivity index (χ3v) is 5.50. The first-order chi connectivity index (χ1) is 14.7. The van der Waals surface area contributed by atoms with E-state index in [2.05, 4.69) is 0 Å². The molecular weight excluding hydrogens is 394 g/mol. The molecule has 0 bridgehead atoms. The first kappa shape index (κ1) is 22.2. The molecule has 0 aliphatic heterocycles. The minimum Gasteiger partial charge on any atom is -0.424 e. The van der Waals surface area contributed by atoms with Gasteiger partial charge >= 0.3 is 5.97 Å². The van der Waals surface area contributed by atoms with Crippen molar-refractivity contribution in [2.45, 2.75) is 33.3 Å². The zero-order valence-electron chi connectivity index (χ0n) is 18.3. The first-order valence-electron chi connectivity index (χ1n) is 9.87. The predicted octanol–water partition coefficient (Wildman–Crippen LogP) is 5.32. The van der Waals surface area contributed by atoms with Gasteiger partial charge in [-0.3, -0.25) is 10.1 Å². The molecule has 3 rings (SSSR count). The van der Waals surface area contributed by atoms with Crippen molar-refractivity contribution in [1.29, 1.82) is 0 Å². The number of nitro groups is 1. The summed E-state index contributed by atoms with van der Waals surface area (Å²) in [6.07, 6.45) is 0. The van der Waals surface area contributed by atoms with Crippen LogP contribution in [-0.4, -0.2) is 18.0 Å². The number of carbonyl (C=O) groups excluding carboxylic acids is 1. The smallest absolute Gasteiger partial charge is 0.353 e. The summed E-state index contributed by atoms with van der Waals surface area (Å²) in [4.78, 5) is 24.5. The van der Waals surface area contributed by atoms with Gasteiger partial charge < -0.3 is 9.47 Å². The average molecular weight is 419 g/mol. The minimum absolute atomic E-state index is 0.0816. The lowest BCUT2D eigenvalue weighted by atomic mass is 9.77. The largest absolute Gasteiger partial charge is 0.424 e. The Morgan fingerprint density at radius 2 is 1.29 bits per heavy atom. The molecule has 0 saturated heterocycles. The molecule has 0 aliphatic carbocycles. The van der Waals surface area contributed by atoms with E-state index in [-0.39, 0.29) is 11.4 Å². The average Bonchev–Trinajstić information content (AvgIpc) is 2.72. The second-order valence-electron chi connectivity index (χ2n) is 7.56. The van der Waals surface area contributed by atoms with E-state index in [1.165, 1.54) is 31.4 Å². The lowest BCUT2D eigenvalue weighted by molar-refractivity contribution is -0.384. The van der Waals surface area contributed by atoms with Crippen LogP contribution in [0.2, 0.25) is 0 Å². The number of nitro benzene ring substituents is 1. The van der Waals surface area contributed by atoms with Gasteiger partial charge in [0.2, 0.25) is 5.60 Å². The second kappa shape index (κ2) is 8.70. The van der Waals surface area contributed by atoms with Crippen LogP contribution in [0.15, 0.2) is 60.7 Å². The fraction of sp³-hybridized carbons (Fsp3) is 0.240. The lowest BCUT2D eigenvalue weighted by Gasteiger charge is -2.35. The summed E-state index contributed by atoms with van der Waals surface area (Å²) >= 11 is 0. The molecule has 0 aliphatic rings. The molecule has 0 heterocycles. The third kappa shape index (κ3) is 3.94. The van der Waals surface area contributed by atoms with Gasteiger partial charge in [-0.15, -0.1) is 0 Å². The van der Waals surface area contributed by atoms with Crippen LogP contribution in [0.3, 0.4) is 0 Å². The molecule has 160 valence electrons. The SMILES string of the molecule is COC(C(=O)Oc1cccc([N+](=O)[O-])c1)(c1c(C)cccc1C)c1c(C)cccc1C.